The van der Waals surface area contributed by atoms with Crippen molar-refractivity contribution in [2.75, 3.05) is 81.2 Å². The zero-order chi connectivity index (χ0) is 58.9. The Bertz CT molecular complexity index is 2050. The highest BCUT2D eigenvalue weighted by molar-refractivity contribution is 6.39. The standard InChI is InChI=1S/C60H99N3O17/c1-12-75-28-29-77-31-30-76-27-25-62-59(69)79-48-24-22-44(35-52(48)73-10)34-46(61)51-37-50(72-9)40(4)33-42(6)54(65)55(74-11)53(64)41(5)32-38(2)18-14-13-15-19-39(3)49(71-8)36-45-23-21-43(7)60(70,80-45)56(66)57(67)63-26-17-16-20-47(63)58(68)78-51/h13-15,18-19,33,38,40-41,43-52,54-55,65,70H,12,16-17,20-32,34-37,61H2,1-11H3,(H,62,69)/b15-13+,18-14+,39-19+,42-33+/t38-,40-,41-,43-,44+,45+,46-,47+,48-,49+,50-,51+,52-,54-,55+,60-/m1/s1. The molecule has 3 fully saturated rings. The van der Waals surface area contributed by atoms with Gasteiger partial charge in [0.15, 0.2) is 5.78 Å². The van der Waals surface area contributed by atoms with E-state index in [0.717, 1.165) is 5.57 Å². The minimum absolute atomic E-state index is 0.0158. The molecule has 456 valence electrons. The Balaban J connectivity index is 1.60. The van der Waals surface area contributed by atoms with Crippen molar-refractivity contribution in [3.63, 3.8) is 0 Å². The molecule has 3 aliphatic heterocycles. The molecule has 4 rings (SSSR count). The van der Waals surface area contributed by atoms with Gasteiger partial charge in [0.2, 0.25) is 5.79 Å². The van der Waals surface area contributed by atoms with E-state index in [0.29, 0.717) is 103 Å². The van der Waals surface area contributed by atoms with Crippen molar-refractivity contribution in [1.29, 1.82) is 0 Å². The summed E-state index contributed by atoms with van der Waals surface area (Å²) in [4.78, 5) is 71.5. The van der Waals surface area contributed by atoms with Gasteiger partial charge in [0.05, 0.1) is 57.5 Å². The summed E-state index contributed by atoms with van der Waals surface area (Å²) < 4.78 is 58.2. The van der Waals surface area contributed by atoms with Crippen LogP contribution in [0.25, 0.3) is 0 Å². The van der Waals surface area contributed by atoms with Crippen molar-refractivity contribution in [3.05, 3.63) is 47.6 Å². The lowest BCUT2D eigenvalue weighted by Crippen LogP contribution is -2.61. The summed E-state index contributed by atoms with van der Waals surface area (Å²) in [7, 11) is 6.08. The summed E-state index contributed by atoms with van der Waals surface area (Å²) in [5.41, 5.74) is 8.49. The molecule has 20 heteroatoms. The van der Waals surface area contributed by atoms with Crippen LogP contribution in [-0.4, -0.2) is 193 Å². The molecule has 3 heterocycles. The van der Waals surface area contributed by atoms with Crippen LogP contribution < -0.4 is 11.1 Å². The normalized spacial score (nSPS) is 35.9. The first-order valence-electron chi connectivity index (χ1n) is 29.1. The fraction of sp³-hybridized carbons (Fsp3) is 0.783. The second-order valence-electron chi connectivity index (χ2n) is 22.4. The van der Waals surface area contributed by atoms with Crippen molar-refractivity contribution in [1.82, 2.24) is 10.2 Å². The molecule has 80 heavy (non-hydrogen) atoms. The van der Waals surface area contributed by atoms with Crippen molar-refractivity contribution in [3.8, 4) is 0 Å². The maximum Gasteiger partial charge on any atom is 0.407 e. The van der Waals surface area contributed by atoms with Crippen molar-refractivity contribution >= 4 is 29.5 Å². The maximum atomic E-state index is 14.7. The summed E-state index contributed by atoms with van der Waals surface area (Å²) in [5.74, 6) is -7.23. The van der Waals surface area contributed by atoms with Gasteiger partial charge >= 0.3 is 12.1 Å². The number of allylic oxidation sites excluding steroid dienone is 5. The SMILES string of the molecule is CCOCCOCCOCCNC(=O)O[C@@H]1CC[C@@H](C[C@@H](N)[C@@H]2C[C@@H](OC)[C@H](C)/C=C(\C)[C@@H](O)[C@@H](OC)C(=O)[C@H](C)C[C@H](C)/C=C/C=C/C=C(\C)[C@@H](OC)C[C@@H]3CC[C@@H](C)[C@@](O)(O3)C(=O)C(=O)N3CCCC[C@H]3C(=O)O2)C[C@H]1OC. The molecule has 0 radical (unpaired) electrons. The van der Waals surface area contributed by atoms with Gasteiger partial charge in [0, 0.05) is 84.8 Å². The van der Waals surface area contributed by atoms with E-state index in [1.807, 2.05) is 71.1 Å². The number of aliphatic hydroxyl groups excluding tert-OH is 1. The van der Waals surface area contributed by atoms with Gasteiger partial charge in [-0.2, -0.15) is 0 Å². The number of methoxy groups -OCH3 is 4. The Labute approximate surface area is 476 Å². The number of carbonyl (C=O) groups is 5. The molecule has 5 N–H and O–H groups in total. The van der Waals surface area contributed by atoms with Gasteiger partial charge < -0.3 is 73.5 Å². The fourth-order valence-electron chi connectivity index (χ4n) is 11.4. The topological polar surface area (TPSA) is 259 Å². The number of nitrogens with one attached hydrogen (secondary N) is 1. The van der Waals surface area contributed by atoms with Gasteiger partial charge in [-0.1, -0.05) is 64.2 Å². The first-order chi connectivity index (χ1) is 38.2. The van der Waals surface area contributed by atoms with Crippen molar-refractivity contribution in [2.24, 2.45) is 35.3 Å². The number of rotatable bonds is 18. The fourth-order valence-corrected chi connectivity index (χ4v) is 11.4. The third-order valence-corrected chi connectivity index (χ3v) is 16.4. The molecule has 0 spiro atoms. The predicted octanol–water partition coefficient (Wildman–Crippen LogP) is 6.12. The van der Waals surface area contributed by atoms with Crippen LogP contribution in [0.3, 0.4) is 0 Å². The molecule has 20 nitrogen and oxygen atoms in total. The first kappa shape index (κ1) is 68.6. The number of Topliss-reactive ketones (excluding diaryl/α,β-unsaturated/α-hetero) is 2. The second-order valence-corrected chi connectivity index (χ2v) is 22.4. The molecule has 4 aliphatic rings. The van der Waals surface area contributed by atoms with Crippen LogP contribution in [0.2, 0.25) is 0 Å². The highest BCUT2D eigenvalue weighted by Crippen LogP contribution is 2.38. The van der Waals surface area contributed by atoms with E-state index in [-0.39, 0.29) is 50.2 Å². The van der Waals surface area contributed by atoms with Gasteiger partial charge in [0.1, 0.15) is 30.5 Å². The average molecular weight is 1130 g/mol. The van der Waals surface area contributed by atoms with Crippen LogP contribution in [0.1, 0.15) is 126 Å². The van der Waals surface area contributed by atoms with E-state index >= 15 is 0 Å². The van der Waals surface area contributed by atoms with E-state index < -0.39 is 108 Å². The minimum atomic E-state index is -2.45. The Hall–Kier alpha value is -3.93. The van der Waals surface area contributed by atoms with Gasteiger partial charge in [-0.3, -0.25) is 14.4 Å². The Morgan fingerprint density at radius 2 is 1.50 bits per heavy atom. The number of fused-ring (bicyclic) bond motifs is 3. The van der Waals surface area contributed by atoms with E-state index in [9.17, 15) is 34.2 Å². The third-order valence-electron chi connectivity index (χ3n) is 16.4. The van der Waals surface area contributed by atoms with Gasteiger partial charge in [0.25, 0.3) is 11.7 Å². The number of esters is 1. The molecule has 2 bridgehead atoms. The van der Waals surface area contributed by atoms with Crippen molar-refractivity contribution < 1.29 is 81.6 Å². The molecule has 0 aromatic carbocycles. The number of carbonyl (C=O) groups excluding carboxylic acids is 5. The number of nitrogens with two attached hydrogens (primary N) is 1. The van der Waals surface area contributed by atoms with Crippen LogP contribution in [0, 0.1) is 29.6 Å². The van der Waals surface area contributed by atoms with E-state index in [1.54, 1.807) is 28.1 Å². The number of nitrogens with zero attached hydrogens (tertiary/aromatic N) is 1. The van der Waals surface area contributed by atoms with E-state index in [1.165, 1.54) is 19.1 Å². The lowest BCUT2D eigenvalue weighted by molar-refractivity contribution is -0.265. The molecular weight excluding hydrogens is 1030 g/mol. The number of piperidine rings is 1. The summed E-state index contributed by atoms with van der Waals surface area (Å²) in [6, 6.07) is -1.94. The molecule has 0 aromatic rings. The Morgan fingerprint density at radius 3 is 2.17 bits per heavy atom. The molecule has 2 saturated heterocycles. The number of hydrogen-bond acceptors (Lipinski definition) is 18. The summed E-state index contributed by atoms with van der Waals surface area (Å²) >= 11 is 0. The molecule has 2 amide bonds. The van der Waals surface area contributed by atoms with Crippen LogP contribution in [-0.2, 0) is 66.5 Å². The van der Waals surface area contributed by atoms with Gasteiger partial charge in [-0.25, -0.2) is 9.59 Å². The number of hydrogen-bond donors (Lipinski definition) is 4. The quantitative estimate of drug-likeness (QED) is 0.0521. The lowest BCUT2D eigenvalue weighted by atomic mass is 9.80. The molecular formula is C60H99N3O17. The minimum Gasteiger partial charge on any atom is -0.459 e. The predicted molar refractivity (Wildman–Crippen MR) is 300 cm³/mol. The van der Waals surface area contributed by atoms with E-state index in [2.05, 4.69) is 5.32 Å². The summed E-state index contributed by atoms with van der Waals surface area (Å²) in [6.07, 6.45) is 9.82. The third kappa shape index (κ3) is 20.7. The van der Waals surface area contributed by atoms with Gasteiger partial charge in [-0.15, -0.1) is 0 Å². The van der Waals surface area contributed by atoms with Crippen LogP contribution in [0.15, 0.2) is 47.6 Å². The number of ether oxygens (including phenoxy) is 10. The molecule has 0 unspecified atom stereocenters. The zero-order valence-electron chi connectivity index (χ0n) is 49.8. The number of amides is 2. The lowest BCUT2D eigenvalue weighted by Gasteiger charge is -2.43. The Kier molecular flexibility index (Phi) is 30.2. The maximum absolute atomic E-state index is 14.7. The van der Waals surface area contributed by atoms with Gasteiger partial charge in [-0.05, 0) is 108 Å². The molecule has 16 atom stereocenters. The molecule has 1 saturated carbocycles. The van der Waals surface area contributed by atoms with Crippen LogP contribution in [0.5, 0.6) is 0 Å². The Morgan fingerprint density at radius 1 is 0.800 bits per heavy atom. The number of alkyl carbamates (subject to hydrolysis) is 1. The number of ketones is 2. The number of cyclic esters (lactones) is 1. The second kappa shape index (κ2) is 35.3. The highest BCUT2D eigenvalue weighted by atomic mass is 16.6. The first-order valence-corrected chi connectivity index (χ1v) is 29.1. The van der Waals surface area contributed by atoms with Crippen LogP contribution in [0.4, 0.5) is 4.79 Å². The smallest absolute Gasteiger partial charge is 0.407 e. The summed E-state index contributed by atoms with van der Waals surface area (Å²) in [5, 5.41) is 26.5. The highest BCUT2D eigenvalue weighted by Gasteiger charge is 2.53. The largest absolute Gasteiger partial charge is 0.459 e. The molecule has 1 aliphatic carbocycles. The van der Waals surface area contributed by atoms with E-state index in [4.69, 9.17) is 53.1 Å². The number of aliphatic hydroxyl groups is 2. The zero-order valence-corrected chi connectivity index (χ0v) is 49.8. The van der Waals surface area contributed by atoms with Crippen LogP contribution >= 0.6 is 0 Å². The van der Waals surface area contributed by atoms with Crippen molar-refractivity contribution in [2.45, 2.75) is 192 Å². The average Bonchev–Trinajstić information content (AvgIpc) is 3.44. The summed E-state index contributed by atoms with van der Waals surface area (Å²) in [6.45, 7) is 16.0. The monoisotopic (exact) mass is 1130 g/mol. The molecule has 0 aromatic heterocycles.